The summed E-state index contributed by atoms with van der Waals surface area (Å²) in [7, 11) is 0. The van der Waals surface area contributed by atoms with Crippen LogP contribution in [0.15, 0.2) is 28.2 Å². The number of thiophene rings is 1. The van der Waals surface area contributed by atoms with Crippen molar-refractivity contribution in [2.75, 3.05) is 45.9 Å². The maximum absolute atomic E-state index is 12.9. The van der Waals surface area contributed by atoms with Crippen LogP contribution >= 0.6 is 11.3 Å². The van der Waals surface area contributed by atoms with Crippen LogP contribution < -0.4 is 0 Å². The summed E-state index contributed by atoms with van der Waals surface area (Å²) < 4.78 is 18.0. The van der Waals surface area contributed by atoms with Gasteiger partial charge in [-0.1, -0.05) is 16.4 Å². The van der Waals surface area contributed by atoms with Crippen LogP contribution in [0.4, 0.5) is 0 Å². The molecule has 1 saturated heterocycles. The number of amides is 1. The predicted molar refractivity (Wildman–Crippen MR) is 125 cm³/mol. The minimum Gasteiger partial charge on any atom is -0.351 e. The van der Waals surface area contributed by atoms with E-state index in [0.717, 1.165) is 37.4 Å². The second-order valence-corrected chi connectivity index (χ2v) is 8.84. The van der Waals surface area contributed by atoms with Crippen molar-refractivity contribution in [2.24, 2.45) is 0 Å². The summed E-state index contributed by atoms with van der Waals surface area (Å²) in [5.41, 5.74) is 0.345. The molecule has 12 heteroatoms. The van der Waals surface area contributed by atoms with Crippen LogP contribution in [0.2, 0.25) is 0 Å². The molecule has 0 radical (unpaired) electrons. The van der Waals surface area contributed by atoms with Crippen LogP contribution in [0.5, 0.6) is 0 Å². The third-order valence-electron chi connectivity index (χ3n) is 5.53. The summed E-state index contributed by atoms with van der Waals surface area (Å²) in [5, 5.41) is 14.2. The number of ether oxygens (including phenoxy) is 2. The van der Waals surface area contributed by atoms with E-state index >= 15 is 0 Å². The molecule has 4 rings (SSSR count). The fourth-order valence-corrected chi connectivity index (χ4v) is 4.47. The second kappa shape index (κ2) is 12.2. The Labute approximate surface area is 202 Å². The zero-order valence-corrected chi connectivity index (χ0v) is 20.4. The van der Waals surface area contributed by atoms with Crippen molar-refractivity contribution >= 4 is 17.2 Å². The second-order valence-electron chi connectivity index (χ2n) is 7.89. The lowest BCUT2D eigenvalue weighted by molar-refractivity contribution is -0.145. The van der Waals surface area contributed by atoms with Gasteiger partial charge in [-0.15, -0.1) is 16.4 Å². The number of aromatic nitrogens is 5. The molecule has 1 fully saturated rings. The highest BCUT2D eigenvalue weighted by Gasteiger charge is 2.24. The van der Waals surface area contributed by atoms with Gasteiger partial charge in [-0.3, -0.25) is 9.69 Å². The van der Waals surface area contributed by atoms with E-state index in [2.05, 4.69) is 25.4 Å². The van der Waals surface area contributed by atoms with E-state index in [1.165, 1.54) is 0 Å². The van der Waals surface area contributed by atoms with Gasteiger partial charge in [0, 0.05) is 45.8 Å². The molecule has 1 aliphatic heterocycles. The predicted octanol–water partition coefficient (Wildman–Crippen LogP) is 2.18. The van der Waals surface area contributed by atoms with Crippen LogP contribution in [-0.2, 0) is 22.4 Å². The molecule has 0 aromatic carbocycles. The van der Waals surface area contributed by atoms with Crippen LogP contribution in [-0.4, -0.2) is 93.1 Å². The molecule has 0 N–H and O–H groups in total. The first-order valence-corrected chi connectivity index (χ1v) is 12.6. The Bertz CT molecular complexity index is 1010. The van der Waals surface area contributed by atoms with Crippen LogP contribution in [0.3, 0.4) is 0 Å². The third-order valence-corrected chi connectivity index (χ3v) is 6.40. The molecule has 0 spiro atoms. The van der Waals surface area contributed by atoms with Gasteiger partial charge in [0.25, 0.3) is 5.91 Å². The van der Waals surface area contributed by atoms with Gasteiger partial charge in [-0.2, -0.15) is 4.98 Å². The summed E-state index contributed by atoms with van der Waals surface area (Å²) >= 11 is 1.60. The molecule has 0 saturated carbocycles. The lowest BCUT2D eigenvalue weighted by Crippen LogP contribution is -2.49. The Morgan fingerprint density at radius 1 is 1.21 bits per heavy atom. The lowest BCUT2D eigenvalue weighted by Gasteiger charge is -2.34. The molecule has 34 heavy (non-hydrogen) atoms. The van der Waals surface area contributed by atoms with Crippen LogP contribution in [0.1, 0.15) is 36.6 Å². The van der Waals surface area contributed by atoms with Gasteiger partial charge < -0.3 is 18.9 Å². The molecule has 4 heterocycles. The van der Waals surface area contributed by atoms with Gasteiger partial charge in [0.15, 0.2) is 12.0 Å². The zero-order chi connectivity index (χ0) is 23.8. The first-order valence-electron chi connectivity index (χ1n) is 11.7. The summed E-state index contributed by atoms with van der Waals surface area (Å²) in [4.78, 5) is 22.5. The molecule has 1 aliphatic rings. The molecule has 0 bridgehead atoms. The first kappa shape index (κ1) is 24.5. The highest BCUT2D eigenvalue weighted by molar-refractivity contribution is 7.13. The number of piperazine rings is 1. The molecule has 3 aromatic heterocycles. The molecule has 0 aliphatic carbocycles. The normalized spacial score (nSPS) is 14.9. The Morgan fingerprint density at radius 3 is 2.71 bits per heavy atom. The van der Waals surface area contributed by atoms with E-state index in [4.69, 9.17) is 14.0 Å². The fraction of sp³-hybridized carbons (Fsp3) is 0.591. The van der Waals surface area contributed by atoms with E-state index in [9.17, 15) is 4.79 Å². The molecular formula is C22H31N7O4S. The summed E-state index contributed by atoms with van der Waals surface area (Å²) in [5.74, 6) is 1.22. The average Bonchev–Trinajstić information content (AvgIpc) is 3.61. The molecule has 184 valence electrons. The zero-order valence-electron chi connectivity index (χ0n) is 19.6. The minimum atomic E-state index is -0.405. The van der Waals surface area contributed by atoms with Gasteiger partial charge in [-0.05, 0) is 38.3 Å². The molecule has 0 unspecified atom stereocenters. The number of carbonyl (C=O) groups excluding carboxylic acids is 1. The topological polar surface area (TPSA) is 112 Å². The van der Waals surface area contributed by atoms with Crippen molar-refractivity contribution in [3.63, 3.8) is 0 Å². The van der Waals surface area contributed by atoms with Crippen molar-refractivity contribution in [3.05, 3.63) is 35.3 Å². The summed E-state index contributed by atoms with van der Waals surface area (Å²) in [6.07, 6.45) is 2.92. The van der Waals surface area contributed by atoms with Crippen molar-refractivity contribution in [2.45, 2.75) is 39.5 Å². The van der Waals surface area contributed by atoms with Gasteiger partial charge in [0.1, 0.15) is 0 Å². The molecule has 3 aromatic rings. The number of hydrogen-bond donors (Lipinski definition) is 0. The van der Waals surface area contributed by atoms with Crippen molar-refractivity contribution in [1.29, 1.82) is 0 Å². The highest BCUT2D eigenvalue weighted by Crippen LogP contribution is 2.21. The van der Waals surface area contributed by atoms with Crippen molar-refractivity contribution in [1.82, 2.24) is 34.9 Å². The quantitative estimate of drug-likeness (QED) is 0.353. The average molecular weight is 490 g/mol. The number of hydrogen-bond acceptors (Lipinski definition) is 10. The number of aryl methyl sites for hydroxylation is 1. The van der Waals surface area contributed by atoms with Crippen LogP contribution in [0.25, 0.3) is 10.7 Å². The number of carbonyl (C=O) groups is 1. The van der Waals surface area contributed by atoms with Gasteiger partial charge in [-0.25, -0.2) is 4.68 Å². The minimum absolute atomic E-state index is 0.0952. The highest BCUT2D eigenvalue weighted by atomic mass is 32.1. The molecule has 1 amide bonds. The smallest absolute Gasteiger partial charge is 0.276 e. The van der Waals surface area contributed by atoms with E-state index < -0.39 is 6.29 Å². The van der Waals surface area contributed by atoms with E-state index in [-0.39, 0.29) is 5.91 Å². The molecule has 11 nitrogen and oxygen atoms in total. The fourth-order valence-electron chi connectivity index (χ4n) is 3.82. The van der Waals surface area contributed by atoms with Crippen LogP contribution in [0, 0.1) is 0 Å². The van der Waals surface area contributed by atoms with Gasteiger partial charge in [0.2, 0.25) is 11.7 Å². The van der Waals surface area contributed by atoms with Gasteiger partial charge in [0.05, 0.1) is 17.6 Å². The van der Waals surface area contributed by atoms with Gasteiger partial charge >= 0.3 is 0 Å². The largest absolute Gasteiger partial charge is 0.351 e. The van der Waals surface area contributed by atoms with E-state index in [0.29, 0.717) is 50.3 Å². The summed E-state index contributed by atoms with van der Waals surface area (Å²) in [6.45, 7) is 9.19. The molecule has 0 atom stereocenters. The third kappa shape index (κ3) is 6.47. The van der Waals surface area contributed by atoms with E-state index in [1.807, 2.05) is 36.3 Å². The monoisotopic (exact) mass is 489 g/mol. The maximum atomic E-state index is 12.9. The summed E-state index contributed by atoms with van der Waals surface area (Å²) in [6, 6.07) is 3.96. The standard InChI is InChI=1S/C22H31N7O4S/c1-3-31-20(32-4-2)16-29-15-17(24-26-29)22(30)28-12-10-27(11-13-28)9-5-8-19-23-21(25-33-19)18-7-6-14-34-18/h6-7,14-15,20H,3-5,8-13,16H2,1-2H3. The SMILES string of the molecule is CCOC(Cn1cc(C(=O)N2CCN(CCCc3nc(-c4cccs4)no3)CC2)nn1)OCC. The Hall–Kier alpha value is -2.67. The maximum Gasteiger partial charge on any atom is 0.276 e. The van der Waals surface area contributed by atoms with Crippen molar-refractivity contribution < 1.29 is 18.8 Å². The Morgan fingerprint density at radius 2 is 2.00 bits per heavy atom. The Balaban J connectivity index is 1.19. The molecular weight excluding hydrogens is 458 g/mol. The number of rotatable bonds is 12. The first-order chi connectivity index (χ1) is 16.7. The van der Waals surface area contributed by atoms with E-state index in [1.54, 1.807) is 22.2 Å². The van der Waals surface area contributed by atoms with Crippen molar-refractivity contribution in [3.8, 4) is 10.7 Å². The number of nitrogens with zero attached hydrogens (tertiary/aromatic N) is 7. The lowest BCUT2D eigenvalue weighted by atomic mass is 10.2. The Kier molecular flexibility index (Phi) is 8.74.